The van der Waals surface area contributed by atoms with E-state index >= 15 is 0 Å². The number of hydrogen-bond acceptors (Lipinski definition) is 4. The van der Waals surface area contributed by atoms with E-state index in [1.54, 1.807) is 0 Å². The number of nitrogens with one attached hydrogen (secondary N) is 1. The van der Waals surface area contributed by atoms with Crippen LogP contribution in [0, 0.1) is 13.8 Å². The van der Waals surface area contributed by atoms with Crippen molar-refractivity contribution >= 4 is 5.97 Å². The zero-order valence-corrected chi connectivity index (χ0v) is 13.1. The summed E-state index contributed by atoms with van der Waals surface area (Å²) >= 11 is 0. The van der Waals surface area contributed by atoms with E-state index in [2.05, 4.69) is 28.7 Å². The van der Waals surface area contributed by atoms with E-state index in [9.17, 15) is 4.79 Å². The first-order valence-electron chi connectivity index (χ1n) is 7.23. The highest BCUT2D eigenvalue weighted by Gasteiger charge is 2.40. The van der Waals surface area contributed by atoms with Crippen LogP contribution in [-0.4, -0.2) is 34.2 Å². The molecule has 1 aliphatic carbocycles. The third-order valence-electron chi connectivity index (χ3n) is 4.20. The number of hydrogen-bond donors (Lipinski definition) is 1. The Hall–Kier alpha value is -1.36. The lowest BCUT2D eigenvalue weighted by molar-refractivity contribution is -0.148. The smallest absolute Gasteiger partial charge is 0.325 e. The van der Waals surface area contributed by atoms with Crippen LogP contribution in [0.5, 0.6) is 0 Å². The van der Waals surface area contributed by atoms with Crippen molar-refractivity contribution in [1.82, 2.24) is 14.9 Å². The second kappa shape index (κ2) is 5.56. The number of esters is 1. The van der Waals surface area contributed by atoms with Crippen molar-refractivity contribution in [3.8, 4) is 0 Å². The van der Waals surface area contributed by atoms with Crippen molar-refractivity contribution in [3.63, 3.8) is 0 Å². The minimum atomic E-state index is -0.639. The molecule has 1 N–H and O–H groups in total. The van der Waals surface area contributed by atoms with E-state index in [0.717, 1.165) is 24.2 Å². The van der Waals surface area contributed by atoms with E-state index in [1.807, 2.05) is 20.2 Å². The molecule has 1 heterocycles. The van der Waals surface area contributed by atoms with Crippen LogP contribution in [0.3, 0.4) is 0 Å². The second-order valence-electron chi connectivity index (χ2n) is 6.12. The molecule has 0 spiro atoms. The summed E-state index contributed by atoms with van der Waals surface area (Å²) in [4.78, 5) is 16.5. The number of rotatable bonds is 6. The van der Waals surface area contributed by atoms with Gasteiger partial charge < -0.3 is 9.30 Å². The maximum absolute atomic E-state index is 12.1. The van der Waals surface area contributed by atoms with E-state index in [-0.39, 0.29) is 12.0 Å². The number of aryl methyl sites for hydroxylation is 1. The molecule has 112 valence electrons. The number of aromatic nitrogens is 2. The Bertz CT molecular complexity index is 493. The van der Waals surface area contributed by atoms with Gasteiger partial charge >= 0.3 is 5.97 Å². The molecule has 2 atom stereocenters. The Kier molecular flexibility index (Phi) is 4.18. The molecule has 5 heteroatoms. The Balaban J connectivity index is 2.14. The van der Waals surface area contributed by atoms with Gasteiger partial charge in [0.2, 0.25) is 0 Å². The molecule has 0 amide bonds. The maximum Gasteiger partial charge on any atom is 0.325 e. The first kappa shape index (κ1) is 15.0. The fraction of sp³-hybridized carbons (Fsp3) is 0.733. The molecule has 1 aromatic heterocycles. The van der Waals surface area contributed by atoms with Gasteiger partial charge in [-0.15, -0.1) is 0 Å². The predicted octanol–water partition coefficient (Wildman–Crippen LogP) is 2.13. The molecule has 2 unspecified atom stereocenters. The van der Waals surface area contributed by atoms with E-state index < -0.39 is 5.54 Å². The molecule has 0 aliphatic heterocycles. The highest BCUT2D eigenvalue weighted by Crippen LogP contribution is 2.29. The fourth-order valence-electron chi connectivity index (χ4n) is 2.75. The molecule has 1 fully saturated rings. The van der Waals surface area contributed by atoms with Gasteiger partial charge in [-0.2, -0.15) is 0 Å². The lowest BCUT2D eigenvalue weighted by Crippen LogP contribution is -2.52. The van der Waals surface area contributed by atoms with Gasteiger partial charge in [0.1, 0.15) is 5.54 Å². The number of ether oxygens (including phenoxy) is 1. The van der Waals surface area contributed by atoms with Crippen molar-refractivity contribution in [2.75, 3.05) is 7.11 Å². The first-order valence-corrected chi connectivity index (χ1v) is 7.23. The number of methoxy groups -OCH3 is 1. The minimum Gasteiger partial charge on any atom is -0.468 e. The first-order chi connectivity index (χ1) is 9.37. The van der Waals surface area contributed by atoms with Gasteiger partial charge in [-0.1, -0.05) is 0 Å². The summed E-state index contributed by atoms with van der Waals surface area (Å²) in [5.41, 5.74) is 1.54. The summed E-state index contributed by atoms with van der Waals surface area (Å²) in [5.74, 6) is -0.189. The highest BCUT2D eigenvalue weighted by atomic mass is 16.5. The minimum absolute atomic E-state index is 0.187. The van der Waals surface area contributed by atoms with Crippen LogP contribution in [0.25, 0.3) is 0 Å². The normalized spacial score (nSPS) is 19.4. The fourth-order valence-corrected chi connectivity index (χ4v) is 2.75. The van der Waals surface area contributed by atoms with Crippen molar-refractivity contribution in [2.45, 2.75) is 64.6 Å². The Morgan fingerprint density at radius 2 is 2.25 bits per heavy atom. The van der Waals surface area contributed by atoms with Crippen molar-refractivity contribution < 1.29 is 9.53 Å². The third-order valence-corrected chi connectivity index (χ3v) is 4.20. The third kappa shape index (κ3) is 3.03. The number of carbonyl (C=O) groups is 1. The van der Waals surface area contributed by atoms with Crippen LogP contribution in [0.4, 0.5) is 0 Å². The molecule has 1 saturated carbocycles. The summed E-state index contributed by atoms with van der Waals surface area (Å²) in [7, 11) is 1.45. The molecule has 5 nitrogen and oxygen atoms in total. The second-order valence-corrected chi connectivity index (χ2v) is 6.12. The van der Waals surface area contributed by atoms with Crippen LogP contribution in [0.15, 0.2) is 6.33 Å². The molecule has 0 radical (unpaired) electrons. The van der Waals surface area contributed by atoms with Crippen LogP contribution in [0.2, 0.25) is 0 Å². The van der Waals surface area contributed by atoms with Gasteiger partial charge in [-0.25, -0.2) is 4.98 Å². The van der Waals surface area contributed by atoms with Gasteiger partial charge in [-0.3, -0.25) is 10.1 Å². The summed E-state index contributed by atoms with van der Waals surface area (Å²) in [5, 5.41) is 3.44. The number of nitrogens with zero attached hydrogens (tertiary/aromatic N) is 2. The summed E-state index contributed by atoms with van der Waals surface area (Å²) in [6, 6.07) is 0.642. The van der Waals surface area contributed by atoms with Crippen molar-refractivity contribution in [3.05, 3.63) is 17.7 Å². The zero-order chi connectivity index (χ0) is 14.9. The SMILES string of the molecule is COC(=O)C(C)(CC(C)n1cnc(C)c1C)NC1CC1. The average Bonchev–Trinajstić information content (AvgIpc) is 3.14. The molecule has 2 rings (SSSR count). The quantitative estimate of drug-likeness (QED) is 0.811. The lowest BCUT2D eigenvalue weighted by atomic mass is 9.93. The molecule has 0 bridgehead atoms. The molecule has 1 aliphatic rings. The molecular formula is C15H25N3O2. The number of imidazole rings is 1. The predicted molar refractivity (Wildman–Crippen MR) is 77.6 cm³/mol. The van der Waals surface area contributed by atoms with Crippen molar-refractivity contribution in [2.24, 2.45) is 0 Å². The topological polar surface area (TPSA) is 56.2 Å². The maximum atomic E-state index is 12.1. The van der Waals surface area contributed by atoms with Gasteiger partial charge in [-0.05, 0) is 47.0 Å². The number of carbonyl (C=O) groups excluding carboxylic acids is 1. The summed E-state index contributed by atoms with van der Waals surface area (Å²) in [6.07, 6.45) is 4.82. The van der Waals surface area contributed by atoms with E-state index in [0.29, 0.717) is 12.5 Å². The molecular weight excluding hydrogens is 254 g/mol. The van der Waals surface area contributed by atoms with Crippen LogP contribution in [-0.2, 0) is 9.53 Å². The van der Waals surface area contributed by atoms with Gasteiger partial charge in [0, 0.05) is 17.8 Å². The monoisotopic (exact) mass is 279 g/mol. The Morgan fingerprint density at radius 1 is 1.60 bits per heavy atom. The van der Waals surface area contributed by atoms with Gasteiger partial charge in [0.25, 0.3) is 0 Å². The molecule has 0 saturated heterocycles. The summed E-state index contributed by atoms with van der Waals surface area (Å²) in [6.45, 7) is 8.11. The van der Waals surface area contributed by atoms with E-state index in [4.69, 9.17) is 4.74 Å². The molecule has 0 aromatic carbocycles. The standard InChI is InChI=1S/C15H25N3O2/c1-10(18-9-16-11(2)12(18)3)8-15(4,14(19)20-5)17-13-6-7-13/h9-10,13,17H,6-8H2,1-5H3. The molecule has 1 aromatic rings. The largest absolute Gasteiger partial charge is 0.468 e. The average molecular weight is 279 g/mol. The lowest BCUT2D eigenvalue weighted by Gasteiger charge is -2.31. The molecule has 20 heavy (non-hydrogen) atoms. The van der Waals surface area contributed by atoms with Crippen molar-refractivity contribution in [1.29, 1.82) is 0 Å². The summed E-state index contributed by atoms with van der Waals surface area (Å²) < 4.78 is 7.12. The Morgan fingerprint density at radius 3 is 2.70 bits per heavy atom. The Labute approximate surface area is 120 Å². The van der Waals surface area contributed by atoms with Gasteiger partial charge in [0.15, 0.2) is 0 Å². The highest BCUT2D eigenvalue weighted by molar-refractivity contribution is 5.80. The van der Waals surface area contributed by atoms with Gasteiger partial charge in [0.05, 0.1) is 19.1 Å². The zero-order valence-electron chi connectivity index (χ0n) is 13.1. The van der Waals surface area contributed by atoms with Crippen LogP contribution in [0.1, 0.15) is 50.5 Å². The van der Waals surface area contributed by atoms with Crippen LogP contribution >= 0.6 is 0 Å². The van der Waals surface area contributed by atoms with Crippen LogP contribution < -0.4 is 5.32 Å². The van der Waals surface area contributed by atoms with E-state index in [1.165, 1.54) is 7.11 Å².